The molecule has 0 bridgehead atoms. The van der Waals surface area contributed by atoms with Crippen LogP contribution in [0, 0.1) is 5.82 Å². The smallest absolute Gasteiger partial charge is 0.221 e. The molecule has 3 nitrogen and oxygen atoms in total. The summed E-state index contributed by atoms with van der Waals surface area (Å²) in [6, 6.07) is 6.29. The Morgan fingerprint density at radius 2 is 2.20 bits per heavy atom. The van der Waals surface area contributed by atoms with Crippen LogP contribution in [0.1, 0.15) is 18.0 Å². The van der Waals surface area contributed by atoms with Crippen LogP contribution in [0.3, 0.4) is 0 Å². The van der Waals surface area contributed by atoms with Crippen LogP contribution >= 0.6 is 0 Å². The van der Waals surface area contributed by atoms with E-state index in [9.17, 15) is 9.18 Å². The van der Waals surface area contributed by atoms with Gasteiger partial charge in [0.2, 0.25) is 5.91 Å². The molecule has 1 aliphatic heterocycles. The Bertz CT molecular complexity index is 367. The predicted molar refractivity (Wildman–Crippen MR) is 54.8 cm³/mol. The van der Waals surface area contributed by atoms with E-state index in [1.54, 1.807) is 6.07 Å². The highest BCUT2D eigenvalue weighted by Crippen LogP contribution is 2.18. The molecule has 4 heteroatoms. The summed E-state index contributed by atoms with van der Waals surface area (Å²) in [5.41, 5.74) is 0.826. The first-order chi connectivity index (χ1) is 7.25. The van der Waals surface area contributed by atoms with Crippen molar-refractivity contribution >= 4 is 5.91 Å². The molecule has 1 aromatic rings. The van der Waals surface area contributed by atoms with Gasteiger partial charge in [-0.05, 0) is 17.7 Å². The molecular formula is C11H13FN2O. The van der Waals surface area contributed by atoms with Gasteiger partial charge >= 0.3 is 0 Å². The molecule has 2 N–H and O–H groups in total. The Kier molecular flexibility index (Phi) is 2.97. The van der Waals surface area contributed by atoms with Crippen LogP contribution in [0.15, 0.2) is 24.3 Å². The average Bonchev–Trinajstić information content (AvgIpc) is 2.43. The van der Waals surface area contributed by atoms with Crippen molar-refractivity contribution in [3.8, 4) is 0 Å². The number of carbonyl (C=O) groups excluding carboxylic acids is 1. The molecule has 1 aromatic carbocycles. The minimum Gasteiger partial charge on any atom is -0.355 e. The molecule has 2 rings (SSSR count). The van der Waals surface area contributed by atoms with Gasteiger partial charge in [-0.3, -0.25) is 4.79 Å². The molecule has 1 fully saturated rings. The molecule has 0 aromatic heterocycles. The lowest BCUT2D eigenvalue weighted by Gasteiger charge is -2.14. The monoisotopic (exact) mass is 208 g/mol. The number of rotatable bonds is 1. The van der Waals surface area contributed by atoms with Gasteiger partial charge in [0.25, 0.3) is 0 Å². The number of benzene rings is 1. The fourth-order valence-electron chi connectivity index (χ4n) is 1.74. The van der Waals surface area contributed by atoms with Crippen LogP contribution in [0.25, 0.3) is 0 Å². The summed E-state index contributed by atoms with van der Waals surface area (Å²) in [5, 5.41) is 5.97. The molecule has 1 heterocycles. The summed E-state index contributed by atoms with van der Waals surface area (Å²) in [6.45, 7) is 1.34. The lowest BCUT2D eigenvalue weighted by atomic mass is 10.0. The van der Waals surface area contributed by atoms with Gasteiger partial charge in [0.05, 0.1) is 0 Å². The highest BCUT2D eigenvalue weighted by molar-refractivity contribution is 5.77. The summed E-state index contributed by atoms with van der Waals surface area (Å²) in [4.78, 5) is 11.3. The fraction of sp³-hybridized carbons (Fsp3) is 0.364. The minimum atomic E-state index is -0.265. The normalized spacial score (nSPS) is 21.9. The maximum Gasteiger partial charge on any atom is 0.221 e. The van der Waals surface area contributed by atoms with Gasteiger partial charge in [0.15, 0.2) is 0 Å². The molecule has 0 radical (unpaired) electrons. The average molecular weight is 208 g/mol. The molecule has 1 atom stereocenters. The third kappa shape index (κ3) is 2.53. The van der Waals surface area contributed by atoms with Crippen LogP contribution in [0.5, 0.6) is 0 Å². The van der Waals surface area contributed by atoms with E-state index in [4.69, 9.17) is 0 Å². The van der Waals surface area contributed by atoms with Crippen LogP contribution in [-0.4, -0.2) is 19.0 Å². The van der Waals surface area contributed by atoms with E-state index < -0.39 is 0 Å². The number of hydrogen-bond donors (Lipinski definition) is 2. The molecule has 0 aliphatic carbocycles. The van der Waals surface area contributed by atoms with Gasteiger partial charge in [0.1, 0.15) is 5.82 Å². The van der Waals surface area contributed by atoms with Crippen LogP contribution < -0.4 is 10.6 Å². The SMILES string of the molecule is O=C1CC(c2cccc(F)c2)NCCN1. The summed E-state index contributed by atoms with van der Waals surface area (Å²) < 4.78 is 13.0. The van der Waals surface area contributed by atoms with Crippen molar-refractivity contribution in [2.75, 3.05) is 13.1 Å². The third-order valence-corrected chi connectivity index (χ3v) is 2.48. The summed E-state index contributed by atoms with van der Waals surface area (Å²) in [6.07, 6.45) is 0.365. The van der Waals surface area contributed by atoms with Gasteiger partial charge in [-0.15, -0.1) is 0 Å². The second-order valence-corrected chi connectivity index (χ2v) is 3.62. The lowest BCUT2D eigenvalue weighted by molar-refractivity contribution is -0.121. The van der Waals surface area contributed by atoms with Crippen molar-refractivity contribution in [3.63, 3.8) is 0 Å². The maximum atomic E-state index is 13.0. The first-order valence-corrected chi connectivity index (χ1v) is 5.01. The van der Waals surface area contributed by atoms with Gasteiger partial charge in [0, 0.05) is 25.6 Å². The minimum absolute atomic E-state index is 0.00858. The van der Waals surface area contributed by atoms with Crippen molar-refractivity contribution in [2.24, 2.45) is 0 Å². The lowest BCUT2D eigenvalue weighted by Crippen LogP contribution is -2.24. The molecule has 1 saturated heterocycles. The third-order valence-electron chi connectivity index (χ3n) is 2.48. The largest absolute Gasteiger partial charge is 0.355 e. The van der Waals surface area contributed by atoms with E-state index in [1.807, 2.05) is 6.07 Å². The van der Waals surface area contributed by atoms with E-state index in [0.717, 1.165) is 5.56 Å². The summed E-state index contributed by atoms with van der Waals surface area (Å²) in [7, 11) is 0. The topological polar surface area (TPSA) is 41.1 Å². The van der Waals surface area contributed by atoms with Crippen molar-refractivity contribution in [1.29, 1.82) is 0 Å². The quantitative estimate of drug-likeness (QED) is 0.722. The van der Waals surface area contributed by atoms with E-state index in [2.05, 4.69) is 10.6 Å². The summed E-state index contributed by atoms with van der Waals surface area (Å²) >= 11 is 0. The van der Waals surface area contributed by atoms with Gasteiger partial charge in [-0.25, -0.2) is 4.39 Å². The van der Waals surface area contributed by atoms with Gasteiger partial charge in [-0.1, -0.05) is 12.1 Å². The Morgan fingerprint density at radius 1 is 1.33 bits per heavy atom. The second kappa shape index (κ2) is 4.40. The van der Waals surface area contributed by atoms with Crippen molar-refractivity contribution in [2.45, 2.75) is 12.5 Å². The Balaban J connectivity index is 2.18. The zero-order valence-corrected chi connectivity index (χ0v) is 8.29. The fourth-order valence-corrected chi connectivity index (χ4v) is 1.74. The molecule has 15 heavy (non-hydrogen) atoms. The van der Waals surface area contributed by atoms with Gasteiger partial charge < -0.3 is 10.6 Å². The zero-order valence-electron chi connectivity index (χ0n) is 8.29. The zero-order chi connectivity index (χ0) is 10.7. The predicted octanol–water partition coefficient (Wildman–Crippen LogP) is 0.976. The van der Waals surface area contributed by atoms with E-state index in [1.165, 1.54) is 12.1 Å². The second-order valence-electron chi connectivity index (χ2n) is 3.62. The highest BCUT2D eigenvalue weighted by atomic mass is 19.1. The highest BCUT2D eigenvalue weighted by Gasteiger charge is 2.18. The van der Waals surface area contributed by atoms with Crippen LogP contribution in [0.4, 0.5) is 4.39 Å². The molecule has 0 saturated carbocycles. The van der Waals surface area contributed by atoms with Crippen LogP contribution in [0.2, 0.25) is 0 Å². The molecule has 0 spiro atoms. The van der Waals surface area contributed by atoms with E-state index >= 15 is 0 Å². The molecule has 1 amide bonds. The van der Waals surface area contributed by atoms with Crippen molar-refractivity contribution in [1.82, 2.24) is 10.6 Å². The molecule has 1 unspecified atom stereocenters. The maximum absolute atomic E-state index is 13.0. The summed E-state index contributed by atoms with van der Waals surface area (Å²) in [5.74, 6) is -0.256. The Morgan fingerprint density at radius 3 is 3.00 bits per heavy atom. The number of amides is 1. The van der Waals surface area contributed by atoms with Crippen molar-refractivity contribution in [3.05, 3.63) is 35.6 Å². The number of hydrogen-bond acceptors (Lipinski definition) is 2. The van der Waals surface area contributed by atoms with E-state index in [0.29, 0.717) is 19.5 Å². The molecular weight excluding hydrogens is 195 g/mol. The number of carbonyl (C=O) groups is 1. The molecule has 80 valence electrons. The van der Waals surface area contributed by atoms with Gasteiger partial charge in [-0.2, -0.15) is 0 Å². The Labute approximate surface area is 87.7 Å². The van der Waals surface area contributed by atoms with E-state index in [-0.39, 0.29) is 17.8 Å². The first kappa shape index (κ1) is 10.1. The van der Waals surface area contributed by atoms with Crippen molar-refractivity contribution < 1.29 is 9.18 Å². The number of nitrogens with one attached hydrogen (secondary N) is 2. The molecule has 1 aliphatic rings. The Hall–Kier alpha value is -1.42. The van der Waals surface area contributed by atoms with Crippen LogP contribution in [-0.2, 0) is 4.79 Å². The first-order valence-electron chi connectivity index (χ1n) is 5.01. The standard InChI is InChI=1S/C11H13FN2O/c12-9-3-1-2-8(6-9)10-7-11(15)14-5-4-13-10/h1-3,6,10,13H,4-5,7H2,(H,14,15). The number of halogens is 1.